The van der Waals surface area contributed by atoms with Gasteiger partial charge in [0.1, 0.15) is 11.9 Å². The molecule has 1 saturated carbocycles. The molecule has 0 bridgehead atoms. The van der Waals surface area contributed by atoms with E-state index < -0.39 is 0 Å². The van der Waals surface area contributed by atoms with Crippen molar-refractivity contribution in [1.82, 2.24) is 9.97 Å². The maximum Gasteiger partial charge on any atom is 0.220 e. The summed E-state index contributed by atoms with van der Waals surface area (Å²) < 4.78 is 6.14. The molecule has 2 unspecified atom stereocenters. The van der Waals surface area contributed by atoms with Gasteiger partial charge in [-0.1, -0.05) is 6.42 Å². The predicted molar refractivity (Wildman–Crippen MR) is 68.5 cm³/mol. The van der Waals surface area contributed by atoms with E-state index in [0.717, 1.165) is 18.5 Å². The van der Waals surface area contributed by atoms with Crippen LogP contribution in [0.15, 0.2) is 12.0 Å². The molecule has 1 fully saturated rings. The first kappa shape index (κ1) is 10.4. The summed E-state index contributed by atoms with van der Waals surface area (Å²) in [5.74, 6) is 2.10. The smallest absolute Gasteiger partial charge is 0.220 e. The summed E-state index contributed by atoms with van der Waals surface area (Å²) in [4.78, 5) is 8.59. The molecule has 2 heterocycles. The number of fused-ring (bicyclic) bond motifs is 4. The topological polar surface area (TPSA) is 61.0 Å². The maximum absolute atomic E-state index is 6.14. The molecule has 1 aromatic rings. The van der Waals surface area contributed by atoms with E-state index >= 15 is 0 Å². The zero-order valence-electron chi connectivity index (χ0n) is 10.4. The number of anilines is 1. The van der Waals surface area contributed by atoms with Gasteiger partial charge in [0.15, 0.2) is 0 Å². The Bertz CT molecular complexity index is 538. The third-order valence-corrected chi connectivity index (χ3v) is 4.43. The highest BCUT2D eigenvalue weighted by Gasteiger charge is 2.41. The highest BCUT2D eigenvalue weighted by molar-refractivity contribution is 5.73. The second-order valence-electron chi connectivity index (χ2n) is 5.49. The Hall–Kier alpha value is -1.58. The quantitative estimate of drug-likeness (QED) is 0.759. The molecule has 1 aromatic heterocycles. The van der Waals surface area contributed by atoms with E-state index in [1.807, 2.05) is 6.20 Å². The fraction of sp³-hybridized carbons (Fsp3) is 0.571. The van der Waals surface area contributed by atoms with E-state index in [2.05, 4.69) is 9.97 Å². The van der Waals surface area contributed by atoms with Crippen molar-refractivity contribution in [3.63, 3.8) is 0 Å². The number of ether oxygens (including phenoxy) is 1. The van der Waals surface area contributed by atoms with Crippen molar-refractivity contribution in [1.29, 1.82) is 0 Å². The predicted octanol–water partition coefficient (Wildman–Crippen LogP) is 2.31. The fourth-order valence-electron chi connectivity index (χ4n) is 3.61. The molecule has 18 heavy (non-hydrogen) atoms. The summed E-state index contributed by atoms with van der Waals surface area (Å²) >= 11 is 0. The lowest BCUT2D eigenvalue weighted by Gasteiger charge is -2.26. The number of nitrogens with zero attached hydrogens (tertiary/aromatic N) is 2. The molecule has 4 rings (SSSR count). The molecule has 0 amide bonds. The van der Waals surface area contributed by atoms with Gasteiger partial charge < -0.3 is 10.5 Å². The second-order valence-corrected chi connectivity index (χ2v) is 5.49. The zero-order valence-corrected chi connectivity index (χ0v) is 10.4. The van der Waals surface area contributed by atoms with E-state index in [4.69, 9.17) is 10.5 Å². The number of hydrogen-bond donors (Lipinski definition) is 1. The molecule has 4 nitrogen and oxygen atoms in total. The Kier molecular flexibility index (Phi) is 2.13. The first-order valence-corrected chi connectivity index (χ1v) is 6.84. The molecule has 1 aliphatic heterocycles. The Morgan fingerprint density at radius 2 is 2.11 bits per heavy atom. The summed E-state index contributed by atoms with van der Waals surface area (Å²) in [6, 6.07) is 0. The summed E-state index contributed by atoms with van der Waals surface area (Å²) in [7, 11) is 0. The number of allylic oxidation sites excluding steroid dienone is 1. The Balaban J connectivity index is 1.83. The normalized spacial score (nSPS) is 29.3. The van der Waals surface area contributed by atoms with Crippen LogP contribution < -0.4 is 5.73 Å². The van der Waals surface area contributed by atoms with Crippen molar-refractivity contribution < 1.29 is 4.74 Å². The lowest BCUT2D eigenvalue weighted by molar-refractivity contribution is 0.0793. The largest absolute Gasteiger partial charge is 0.494 e. The molecule has 0 spiro atoms. The molecule has 4 heteroatoms. The lowest BCUT2D eigenvalue weighted by Crippen LogP contribution is -2.23. The second kappa shape index (κ2) is 3.70. The van der Waals surface area contributed by atoms with Crippen molar-refractivity contribution in [3.05, 3.63) is 23.2 Å². The van der Waals surface area contributed by atoms with Crippen molar-refractivity contribution in [2.24, 2.45) is 5.92 Å². The van der Waals surface area contributed by atoms with Crippen molar-refractivity contribution in [2.75, 3.05) is 5.73 Å². The highest BCUT2D eigenvalue weighted by Crippen LogP contribution is 2.48. The molecular formula is C14H17N3O. The van der Waals surface area contributed by atoms with E-state index in [1.54, 1.807) is 0 Å². The number of hydrogen-bond acceptors (Lipinski definition) is 4. The summed E-state index contributed by atoms with van der Waals surface area (Å²) in [6.07, 6.45) is 9.28. The maximum atomic E-state index is 6.14. The van der Waals surface area contributed by atoms with Crippen LogP contribution in [-0.2, 0) is 11.2 Å². The molecule has 2 atom stereocenters. The van der Waals surface area contributed by atoms with Gasteiger partial charge in [0.2, 0.25) is 5.95 Å². The van der Waals surface area contributed by atoms with Gasteiger partial charge in [-0.2, -0.15) is 0 Å². The molecule has 0 aromatic carbocycles. The van der Waals surface area contributed by atoms with Gasteiger partial charge in [-0.15, -0.1) is 0 Å². The average Bonchev–Trinajstić information content (AvgIpc) is 2.77. The van der Waals surface area contributed by atoms with E-state index in [-0.39, 0.29) is 0 Å². The monoisotopic (exact) mass is 243 g/mol. The number of nitrogen functional groups attached to an aromatic ring is 1. The average molecular weight is 243 g/mol. The van der Waals surface area contributed by atoms with E-state index in [1.165, 1.54) is 42.6 Å². The van der Waals surface area contributed by atoms with Gasteiger partial charge in [0.05, 0.1) is 5.69 Å². The molecule has 0 saturated heterocycles. The summed E-state index contributed by atoms with van der Waals surface area (Å²) in [6.45, 7) is 0. The third-order valence-electron chi connectivity index (χ3n) is 4.43. The van der Waals surface area contributed by atoms with Gasteiger partial charge >= 0.3 is 0 Å². The van der Waals surface area contributed by atoms with Gasteiger partial charge in [-0.3, -0.25) is 0 Å². The van der Waals surface area contributed by atoms with Crippen molar-refractivity contribution in [3.8, 4) is 0 Å². The van der Waals surface area contributed by atoms with Crippen LogP contribution in [0.25, 0.3) is 5.57 Å². The van der Waals surface area contributed by atoms with Crippen LogP contribution in [0.2, 0.25) is 0 Å². The molecule has 94 valence electrons. The molecule has 0 radical (unpaired) electrons. The zero-order chi connectivity index (χ0) is 12.1. The minimum absolute atomic E-state index is 0.377. The first-order chi connectivity index (χ1) is 8.83. The highest BCUT2D eigenvalue weighted by atomic mass is 16.5. The molecule has 3 aliphatic rings. The Morgan fingerprint density at radius 3 is 3.06 bits per heavy atom. The molecular weight excluding hydrogens is 226 g/mol. The summed E-state index contributed by atoms with van der Waals surface area (Å²) in [5, 5.41) is 0. The number of aromatic nitrogens is 2. The van der Waals surface area contributed by atoms with Crippen LogP contribution >= 0.6 is 0 Å². The standard InChI is InChI=1S/C14H17N3O/c15-14-16-7-8-5-6-11-12(13(8)17-14)9-3-1-2-4-10(9)18-11/h7,9-10H,1-6H2,(H2,15,16,17). The minimum Gasteiger partial charge on any atom is -0.494 e. The van der Waals surface area contributed by atoms with Crippen LogP contribution in [0.3, 0.4) is 0 Å². The lowest BCUT2D eigenvalue weighted by atomic mass is 9.79. The minimum atomic E-state index is 0.377. The van der Waals surface area contributed by atoms with Crippen LogP contribution in [-0.4, -0.2) is 16.1 Å². The third kappa shape index (κ3) is 1.38. The van der Waals surface area contributed by atoms with Crippen LogP contribution in [0.5, 0.6) is 0 Å². The fourth-order valence-corrected chi connectivity index (χ4v) is 3.61. The van der Waals surface area contributed by atoms with Gasteiger partial charge in [0.25, 0.3) is 0 Å². The number of aryl methyl sites for hydroxylation is 1. The van der Waals surface area contributed by atoms with Gasteiger partial charge in [-0.05, 0) is 31.2 Å². The van der Waals surface area contributed by atoms with Gasteiger partial charge in [-0.25, -0.2) is 9.97 Å². The first-order valence-electron chi connectivity index (χ1n) is 6.84. The Labute approximate surface area is 106 Å². The Morgan fingerprint density at radius 1 is 1.22 bits per heavy atom. The van der Waals surface area contributed by atoms with Crippen LogP contribution in [0.1, 0.15) is 43.4 Å². The number of rotatable bonds is 0. The van der Waals surface area contributed by atoms with Crippen LogP contribution in [0.4, 0.5) is 5.95 Å². The number of nitrogens with two attached hydrogens (primary N) is 1. The van der Waals surface area contributed by atoms with E-state index in [0.29, 0.717) is 18.0 Å². The van der Waals surface area contributed by atoms with E-state index in [9.17, 15) is 0 Å². The van der Waals surface area contributed by atoms with Crippen molar-refractivity contribution in [2.45, 2.75) is 44.6 Å². The van der Waals surface area contributed by atoms with Crippen LogP contribution in [0, 0.1) is 5.92 Å². The molecule has 2 aliphatic carbocycles. The van der Waals surface area contributed by atoms with Gasteiger partial charge in [0, 0.05) is 24.1 Å². The SMILES string of the molecule is Nc1ncc2c(n1)C1=C(CC2)OC2CCCCC12. The summed E-state index contributed by atoms with van der Waals surface area (Å²) in [5.41, 5.74) is 9.39. The van der Waals surface area contributed by atoms with Crippen molar-refractivity contribution >= 4 is 11.5 Å². The molecule has 2 N–H and O–H groups in total.